The minimum Gasteiger partial charge on any atom is -0.397 e. The zero-order valence-electron chi connectivity index (χ0n) is 13.7. The van der Waals surface area contributed by atoms with E-state index in [1.165, 1.54) is 30.3 Å². The Kier molecular flexibility index (Phi) is 5.10. The number of halogens is 1. The van der Waals surface area contributed by atoms with Gasteiger partial charge in [-0.3, -0.25) is 4.72 Å². The number of nitrogens with two attached hydrogens (primary N) is 1. The molecule has 6 nitrogen and oxygen atoms in total. The minimum atomic E-state index is -3.91. The molecule has 0 aliphatic carbocycles. The number of rotatable bonds is 4. The first-order valence-electron chi connectivity index (χ1n) is 8.10. The summed E-state index contributed by atoms with van der Waals surface area (Å²) in [5.74, 6) is -0.632. The number of sulfonamides is 1. The van der Waals surface area contributed by atoms with Crippen LogP contribution in [0, 0.1) is 5.82 Å². The predicted molar refractivity (Wildman–Crippen MR) is 97.8 cm³/mol. The molecule has 0 amide bonds. The lowest BCUT2D eigenvalue weighted by Gasteiger charge is -2.24. The van der Waals surface area contributed by atoms with Crippen molar-refractivity contribution >= 4 is 27.1 Å². The fourth-order valence-corrected chi connectivity index (χ4v) is 3.92. The van der Waals surface area contributed by atoms with Crippen LogP contribution in [0.1, 0.15) is 6.42 Å². The maximum atomic E-state index is 13.7. The molecule has 0 spiro atoms. The van der Waals surface area contributed by atoms with Crippen LogP contribution in [-0.2, 0) is 10.0 Å². The van der Waals surface area contributed by atoms with Gasteiger partial charge in [0.05, 0.1) is 22.0 Å². The molecule has 0 atom stereocenters. The molecule has 3 rings (SSSR count). The van der Waals surface area contributed by atoms with Gasteiger partial charge >= 0.3 is 0 Å². The summed E-state index contributed by atoms with van der Waals surface area (Å²) in [5.41, 5.74) is 7.20. The van der Waals surface area contributed by atoms with E-state index in [9.17, 15) is 12.8 Å². The number of nitrogens with one attached hydrogen (secondary N) is 2. The van der Waals surface area contributed by atoms with Crippen LogP contribution in [0.15, 0.2) is 47.4 Å². The van der Waals surface area contributed by atoms with E-state index in [4.69, 9.17) is 5.73 Å². The van der Waals surface area contributed by atoms with Crippen molar-refractivity contribution in [2.24, 2.45) is 0 Å². The summed E-state index contributed by atoms with van der Waals surface area (Å²) in [5, 5.41) is 3.31. The number of hydrogen-bond donors (Lipinski definition) is 3. The van der Waals surface area contributed by atoms with Gasteiger partial charge in [-0.1, -0.05) is 12.1 Å². The van der Waals surface area contributed by atoms with Crippen molar-refractivity contribution in [3.05, 3.63) is 48.3 Å². The highest BCUT2D eigenvalue weighted by molar-refractivity contribution is 7.92. The zero-order chi connectivity index (χ0) is 17.9. The van der Waals surface area contributed by atoms with E-state index >= 15 is 0 Å². The minimum absolute atomic E-state index is 0.00458. The maximum absolute atomic E-state index is 13.7. The summed E-state index contributed by atoms with van der Waals surface area (Å²) < 4.78 is 40.9. The van der Waals surface area contributed by atoms with Crippen LogP contribution in [-0.4, -0.2) is 34.6 Å². The molecule has 4 N–H and O–H groups in total. The molecule has 0 bridgehead atoms. The van der Waals surface area contributed by atoms with Crippen LogP contribution < -0.4 is 20.7 Å². The molecule has 0 unspecified atom stereocenters. The molecular weight excluding hydrogens is 343 g/mol. The Morgan fingerprint density at radius 1 is 1.12 bits per heavy atom. The summed E-state index contributed by atoms with van der Waals surface area (Å²) in [6.45, 7) is 3.48. The molecule has 1 heterocycles. The first kappa shape index (κ1) is 17.5. The quantitative estimate of drug-likeness (QED) is 0.723. The summed E-state index contributed by atoms with van der Waals surface area (Å²) in [6, 6.07) is 10.2. The monoisotopic (exact) mass is 364 g/mol. The van der Waals surface area contributed by atoms with Crippen LogP contribution in [0.5, 0.6) is 0 Å². The van der Waals surface area contributed by atoms with Gasteiger partial charge in [-0.25, -0.2) is 12.8 Å². The lowest BCUT2D eigenvalue weighted by Crippen LogP contribution is -2.28. The number of para-hydroxylation sites is 1. The largest absolute Gasteiger partial charge is 0.397 e. The Hall–Kier alpha value is -2.32. The van der Waals surface area contributed by atoms with Gasteiger partial charge in [0.2, 0.25) is 0 Å². The number of nitrogen functional groups attached to an aromatic ring is 1. The van der Waals surface area contributed by atoms with Gasteiger partial charge in [0, 0.05) is 19.6 Å². The first-order chi connectivity index (χ1) is 12.0. The van der Waals surface area contributed by atoms with Gasteiger partial charge < -0.3 is 16.0 Å². The highest BCUT2D eigenvalue weighted by atomic mass is 32.2. The second kappa shape index (κ2) is 7.28. The van der Waals surface area contributed by atoms with E-state index in [-0.39, 0.29) is 10.6 Å². The molecule has 1 saturated heterocycles. The summed E-state index contributed by atoms with van der Waals surface area (Å²) >= 11 is 0. The molecular formula is C17H21FN4O2S. The SMILES string of the molecule is Nc1cc(S(=O)(=O)Nc2ccccc2F)ccc1N1CCCNCC1. The van der Waals surface area contributed by atoms with E-state index in [1.54, 1.807) is 12.1 Å². The fourth-order valence-electron chi connectivity index (χ4n) is 2.82. The molecule has 0 saturated carbocycles. The van der Waals surface area contributed by atoms with Crippen molar-refractivity contribution in [2.75, 3.05) is 41.5 Å². The number of anilines is 3. The van der Waals surface area contributed by atoms with Gasteiger partial charge in [-0.2, -0.15) is 0 Å². The van der Waals surface area contributed by atoms with E-state index in [0.29, 0.717) is 5.69 Å². The smallest absolute Gasteiger partial charge is 0.262 e. The number of hydrogen-bond acceptors (Lipinski definition) is 5. The molecule has 2 aromatic carbocycles. The lowest BCUT2D eigenvalue weighted by atomic mass is 10.2. The Labute approximate surface area is 146 Å². The van der Waals surface area contributed by atoms with E-state index in [1.807, 2.05) is 0 Å². The van der Waals surface area contributed by atoms with Crippen molar-refractivity contribution in [1.29, 1.82) is 0 Å². The molecule has 0 aromatic heterocycles. The van der Waals surface area contributed by atoms with Crippen molar-refractivity contribution < 1.29 is 12.8 Å². The van der Waals surface area contributed by atoms with Crippen LogP contribution in [0.25, 0.3) is 0 Å². The predicted octanol–water partition coefficient (Wildman–Crippen LogP) is 2.01. The van der Waals surface area contributed by atoms with Crippen molar-refractivity contribution in [2.45, 2.75) is 11.3 Å². The second-order valence-electron chi connectivity index (χ2n) is 5.90. The van der Waals surface area contributed by atoms with Gasteiger partial charge in [0.25, 0.3) is 10.0 Å². The third-order valence-electron chi connectivity index (χ3n) is 4.11. The molecule has 0 radical (unpaired) electrons. The fraction of sp³-hybridized carbons (Fsp3) is 0.294. The van der Waals surface area contributed by atoms with Gasteiger partial charge in [0.15, 0.2) is 0 Å². The molecule has 2 aromatic rings. The van der Waals surface area contributed by atoms with Crippen LogP contribution in [0.3, 0.4) is 0 Å². The molecule has 8 heteroatoms. The normalized spacial score (nSPS) is 15.6. The van der Waals surface area contributed by atoms with Crippen molar-refractivity contribution in [3.8, 4) is 0 Å². The van der Waals surface area contributed by atoms with E-state index in [2.05, 4.69) is 14.9 Å². The topological polar surface area (TPSA) is 87.5 Å². The summed E-state index contributed by atoms with van der Waals surface area (Å²) in [4.78, 5) is 2.14. The Morgan fingerprint density at radius 3 is 2.68 bits per heavy atom. The number of nitrogens with zero attached hydrogens (tertiary/aromatic N) is 1. The zero-order valence-corrected chi connectivity index (χ0v) is 14.5. The van der Waals surface area contributed by atoms with E-state index < -0.39 is 15.8 Å². The van der Waals surface area contributed by atoms with E-state index in [0.717, 1.165) is 38.3 Å². The second-order valence-corrected chi connectivity index (χ2v) is 7.58. The molecule has 1 fully saturated rings. The van der Waals surface area contributed by atoms with Gasteiger partial charge in [-0.15, -0.1) is 0 Å². The van der Waals surface area contributed by atoms with Crippen LogP contribution in [0.4, 0.5) is 21.5 Å². The highest BCUT2D eigenvalue weighted by Crippen LogP contribution is 2.28. The number of benzene rings is 2. The molecule has 1 aliphatic heterocycles. The Bertz CT molecular complexity index is 849. The highest BCUT2D eigenvalue weighted by Gasteiger charge is 2.19. The Balaban J connectivity index is 1.85. The van der Waals surface area contributed by atoms with Crippen molar-refractivity contribution in [3.63, 3.8) is 0 Å². The average Bonchev–Trinajstić information content (AvgIpc) is 2.86. The van der Waals surface area contributed by atoms with Crippen molar-refractivity contribution in [1.82, 2.24) is 5.32 Å². The third-order valence-corrected chi connectivity index (χ3v) is 5.47. The first-order valence-corrected chi connectivity index (χ1v) is 9.58. The lowest BCUT2D eigenvalue weighted by molar-refractivity contribution is 0.598. The molecule has 25 heavy (non-hydrogen) atoms. The average molecular weight is 364 g/mol. The maximum Gasteiger partial charge on any atom is 0.262 e. The third kappa shape index (κ3) is 4.02. The van der Waals surface area contributed by atoms with Gasteiger partial charge in [0.1, 0.15) is 5.82 Å². The molecule has 1 aliphatic rings. The van der Waals surface area contributed by atoms with Gasteiger partial charge in [-0.05, 0) is 43.3 Å². The summed E-state index contributed by atoms with van der Waals surface area (Å²) in [7, 11) is -3.91. The molecule has 134 valence electrons. The Morgan fingerprint density at radius 2 is 1.92 bits per heavy atom. The standard InChI is InChI=1S/C17H21FN4O2S/c18-14-4-1-2-5-16(14)21-25(23,24)13-6-7-17(15(19)12-13)22-10-3-8-20-9-11-22/h1-2,4-7,12,20-21H,3,8-11,19H2. The van der Waals surface area contributed by atoms with Crippen LogP contribution >= 0.6 is 0 Å². The summed E-state index contributed by atoms with van der Waals surface area (Å²) in [6.07, 6.45) is 0.994. The van der Waals surface area contributed by atoms with Crippen LogP contribution in [0.2, 0.25) is 0 Å².